The third-order valence-electron chi connectivity index (χ3n) is 6.41. The van der Waals surface area contributed by atoms with Gasteiger partial charge in [0.2, 0.25) is 0 Å². The van der Waals surface area contributed by atoms with Crippen molar-refractivity contribution >= 4 is 28.3 Å². The molecular weight excluding hydrogens is 531 g/mol. The Morgan fingerprint density at radius 3 is 2.32 bits per heavy atom. The van der Waals surface area contributed by atoms with Gasteiger partial charge in [-0.1, -0.05) is 51.1 Å². The zero-order chi connectivity index (χ0) is 29.2. The number of rotatable bonds is 6. The van der Waals surface area contributed by atoms with Crippen LogP contribution in [0.3, 0.4) is 0 Å². The maximum atomic E-state index is 13.4. The number of halogens is 3. The fourth-order valence-electron chi connectivity index (χ4n) is 4.26. The fourth-order valence-corrected chi connectivity index (χ4v) is 4.26. The van der Waals surface area contributed by atoms with Crippen molar-refractivity contribution in [2.45, 2.75) is 39.0 Å². The lowest BCUT2D eigenvalue weighted by Gasteiger charge is -2.15. The summed E-state index contributed by atoms with van der Waals surface area (Å²) in [6.45, 7) is 6.15. The first-order valence-electron chi connectivity index (χ1n) is 12.9. The van der Waals surface area contributed by atoms with Crippen LogP contribution in [0.2, 0.25) is 0 Å². The van der Waals surface area contributed by atoms with Crippen LogP contribution in [-0.2, 0) is 18.2 Å². The minimum absolute atomic E-state index is 0.173. The number of fused-ring (bicyclic) bond motifs is 1. The number of urea groups is 1. The first kappa shape index (κ1) is 27.7. The van der Waals surface area contributed by atoms with E-state index in [2.05, 4.69) is 20.7 Å². The second-order valence-electron chi connectivity index (χ2n) is 10.5. The minimum atomic E-state index is -4.52. The number of hydrogen-bond donors (Lipinski definition) is 2. The van der Waals surface area contributed by atoms with E-state index in [1.54, 1.807) is 30.6 Å². The number of nitrogens with zero attached hydrogens (tertiary/aromatic N) is 3. The van der Waals surface area contributed by atoms with Crippen LogP contribution in [0.25, 0.3) is 16.5 Å². The van der Waals surface area contributed by atoms with E-state index in [-0.39, 0.29) is 11.5 Å². The molecule has 2 heterocycles. The van der Waals surface area contributed by atoms with E-state index >= 15 is 0 Å². The molecule has 0 radical (unpaired) electrons. The number of alkyl halides is 3. The van der Waals surface area contributed by atoms with Gasteiger partial charge in [-0.3, -0.25) is 10.3 Å². The number of amides is 2. The molecule has 210 valence electrons. The summed E-state index contributed by atoms with van der Waals surface area (Å²) in [7, 11) is 0. The molecular formula is C31H28F3N5O2. The molecule has 0 fully saturated rings. The molecule has 10 heteroatoms. The van der Waals surface area contributed by atoms with Crippen molar-refractivity contribution in [1.82, 2.24) is 14.8 Å². The third kappa shape index (κ3) is 6.32. The molecule has 41 heavy (non-hydrogen) atoms. The van der Waals surface area contributed by atoms with Gasteiger partial charge in [0.05, 0.1) is 22.6 Å². The molecule has 2 aromatic heterocycles. The molecule has 7 nitrogen and oxygen atoms in total. The second kappa shape index (κ2) is 11.0. The first-order chi connectivity index (χ1) is 19.5. The Labute approximate surface area is 235 Å². The van der Waals surface area contributed by atoms with E-state index < -0.39 is 23.2 Å². The van der Waals surface area contributed by atoms with Crippen LogP contribution >= 0.6 is 0 Å². The number of aromatic nitrogens is 3. The Balaban J connectivity index is 1.42. The van der Waals surface area contributed by atoms with Gasteiger partial charge in [-0.25, -0.2) is 9.48 Å². The van der Waals surface area contributed by atoms with Gasteiger partial charge in [0.1, 0.15) is 18.2 Å². The monoisotopic (exact) mass is 559 g/mol. The highest BCUT2D eigenvalue weighted by atomic mass is 19.4. The number of anilines is 2. The molecule has 0 bridgehead atoms. The van der Waals surface area contributed by atoms with E-state index in [0.717, 1.165) is 28.5 Å². The van der Waals surface area contributed by atoms with Gasteiger partial charge in [-0.2, -0.15) is 18.3 Å². The Kier molecular flexibility index (Phi) is 7.40. The summed E-state index contributed by atoms with van der Waals surface area (Å²) in [4.78, 5) is 17.2. The quantitative estimate of drug-likeness (QED) is 0.221. The molecule has 5 rings (SSSR count). The van der Waals surface area contributed by atoms with Crippen LogP contribution in [0.15, 0.2) is 91.3 Å². The number of nitrogens with one attached hydrogen (secondary N) is 2. The lowest BCUT2D eigenvalue weighted by atomic mass is 9.92. The molecule has 0 spiro atoms. The highest BCUT2D eigenvalue weighted by molar-refractivity contribution is 6.07. The summed E-state index contributed by atoms with van der Waals surface area (Å²) in [6, 6.07) is 20.7. The van der Waals surface area contributed by atoms with Gasteiger partial charge in [0.15, 0.2) is 0 Å². The van der Waals surface area contributed by atoms with Crippen LogP contribution in [0.1, 0.15) is 37.6 Å². The lowest BCUT2D eigenvalue weighted by Crippen LogP contribution is -2.21. The maximum Gasteiger partial charge on any atom is 0.416 e. The summed E-state index contributed by atoms with van der Waals surface area (Å²) in [5.41, 5.74) is 1.06. The summed E-state index contributed by atoms with van der Waals surface area (Å²) in [5, 5.41) is 11.7. The number of ether oxygens (including phenoxy) is 1. The fraction of sp³-hybridized carbons (Fsp3) is 0.194. The van der Waals surface area contributed by atoms with E-state index in [4.69, 9.17) is 4.74 Å². The van der Waals surface area contributed by atoms with Crippen LogP contribution < -0.4 is 15.4 Å². The molecule has 0 unspecified atom stereocenters. The first-order valence-corrected chi connectivity index (χ1v) is 12.9. The molecule has 0 saturated carbocycles. The number of hydrogen-bond acceptors (Lipinski definition) is 4. The normalized spacial score (nSPS) is 11.9. The van der Waals surface area contributed by atoms with Crippen molar-refractivity contribution in [3.8, 4) is 11.4 Å². The SMILES string of the molecule is CC(C)(C)c1cc(NC(=O)Nc2ccc(OCc3ccncc3)c3ccccc23)n(-c2cccc(C(F)(F)F)c2)n1. The second-order valence-corrected chi connectivity index (χ2v) is 10.5. The summed E-state index contributed by atoms with van der Waals surface area (Å²) >= 11 is 0. The average Bonchev–Trinajstić information content (AvgIpc) is 3.37. The minimum Gasteiger partial charge on any atom is -0.488 e. The van der Waals surface area contributed by atoms with Gasteiger partial charge in [0, 0.05) is 34.6 Å². The Bertz CT molecular complexity index is 1690. The molecule has 2 N–H and O–H groups in total. The molecule has 5 aromatic rings. The molecule has 0 aliphatic carbocycles. The highest BCUT2D eigenvalue weighted by Crippen LogP contribution is 2.34. The Morgan fingerprint density at radius 2 is 1.61 bits per heavy atom. The number of benzene rings is 3. The van der Waals surface area contributed by atoms with Crippen molar-refractivity contribution in [3.63, 3.8) is 0 Å². The smallest absolute Gasteiger partial charge is 0.416 e. The molecule has 0 aliphatic heterocycles. The van der Waals surface area contributed by atoms with Crippen LogP contribution in [-0.4, -0.2) is 20.8 Å². The molecule has 2 amide bonds. The van der Waals surface area contributed by atoms with Gasteiger partial charge < -0.3 is 10.1 Å². The predicted octanol–water partition coefficient (Wildman–Crippen LogP) is 7.96. The van der Waals surface area contributed by atoms with Crippen LogP contribution in [0.4, 0.5) is 29.5 Å². The Hall–Kier alpha value is -4.86. The summed E-state index contributed by atoms with van der Waals surface area (Å²) in [5.74, 6) is 0.883. The Morgan fingerprint density at radius 1 is 0.878 bits per heavy atom. The van der Waals surface area contributed by atoms with Gasteiger partial charge >= 0.3 is 12.2 Å². The maximum absolute atomic E-state index is 13.4. The van der Waals surface area contributed by atoms with Crippen molar-refractivity contribution in [2.24, 2.45) is 0 Å². The topological polar surface area (TPSA) is 81.1 Å². The molecule has 0 aliphatic rings. The predicted molar refractivity (Wildman–Crippen MR) is 152 cm³/mol. The van der Waals surface area contributed by atoms with Crippen molar-refractivity contribution in [3.05, 3.63) is 108 Å². The van der Waals surface area contributed by atoms with Crippen molar-refractivity contribution in [2.75, 3.05) is 10.6 Å². The van der Waals surface area contributed by atoms with E-state index in [9.17, 15) is 18.0 Å². The molecule has 3 aromatic carbocycles. The van der Waals surface area contributed by atoms with E-state index in [1.165, 1.54) is 16.8 Å². The average molecular weight is 560 g/mol. The van der Waals surface area contributed by atoms with Gasteiger partial charge in [-0.05, 0) is 48.0 Å². The van der Waals surface area contributed by atoms with E-state index in [0.29, 0.717) is 23.7 Å². The van der Waals surface area contributed by atoms with Crippen molar-refractivity contribution in [1.29, 1.82) is 0 Å². The van der Waals surface area contributed by atoms with Crippen LogP contribution in [0.5, 0.6) is 5.75 Å². The van der Waals surface area contributed by atoms with Crippen molar-refractivity contribution < 1.29 is 22.7 Å². The lowest BCUT2D eigenvalue weighted by molar-refractivity contribution is -0.137. The zero-order valence-electron chi connectivity index (χ0n) is 22.7. The molecule has 0 atom stereocenters. The standard InChI is InChI=1S/C31H28F3N5O2/c1-30(2,3)27-18-28(39(38-27)22-8-6-7-21(17-22)31(32,33)34)37-29(40)36-25-11-12-26(24-10-5-4-9-23(24)25)41-19-20-13-15-35-16-14-20/h4-18H,19H2,1-3H3,(H2,36,37,40). The van der Waals surface area contributed by atoms with Gasteiger partial charge in [-0.15, -0.1) is 0 Å². The number of carbonyl (C=O) groups is 1. The third-order valence-corrected chi connectivity index (χ3v) is 6.41. The van der Waals surface area contributed by atoms with Crippen LogP contribution in [0, 0.1) is 0 Å². The largest absolute Gasteiger partial charge is 0.488 e. The summed E-state index contributed by atoms with van der Waals surface area (Å²) < 4.78 is 47.6. The van der Waals surface area contributed by atoms with E-state index in [1.807, 2.05) is 57.2 Å². The highest BCUT2D eigenvalue weighted by Gasteiger charge is 2.31. The number of carbonyl (C=O) groups excluding carboxylic acids is 1. The summed E-state index contributed by atoms with van der Waals surface area (Å²) in [6.07, 6.45) is -1.12. The zero-order valence-corrected chi connectivity index (χ0v) is 22.7. The number of pyridine rings is 1. The molecule has 0 saturated heterocycles. The van der Waals surface area contributed by atoms with Gasteiger partial charge in [0.25, 0.3) is 0 Å².